The maximum absolute atomic E-state index is 12.2. The van der Waals surface area contributed by atoms with E-state index in [-0.39, 0.29) is 11.8 Å². The van der Waals surface area contributed by atoms with E-state index in [1.54, 1.807) is 0 Å². The summed E-state index contributed by atoms with van der Waals surface area (Å²) in [5.74, 6) is 1.44. The number of aromatic nitrogens is 3. The highest BCUT2D eigenvalue weighted by Gasteiger charge is 2.23. The van der Waals surface area contributed by atoms with Crippen LogP contribution in [0.1, 0.15) is 12.2 Å². The summed E-state index contributed by atoms with van der Waals surface area (Å²) < 4.78 is 0. The minimum Gasteiger partial charge on any atom is -0.325 e. The highest BCUT2D eigenvalue weighted by atomic mass is 16.1. The minimum absolute atomic E-state index is 0.0388. The molecule has 20 heavy (non-hydrogen) atoms. The first-order valence-corrected chi connectivity index (χ1v) is 6.74. The number of carbonyl (C=O) groups excluding carboxylic acids is 1. The van der Waals surface area contributed by atoms with E-state index in [0.717, 1.165) is 36.6 Å². The molecular weight excluding hydrogens is 254 g/mol. The van der Waals surface area contributed by atoms with Crippen LogP contribution in [0.25, 0.3) is 11.4 Å². The van der Waals surface area contributed by atoms with Crippen molar-refractivity contribution in [1.29, 1.82) is 0 Å². The molecule has 0 bridgehead atoms. The van der Waals surface area contributed by atoms with Crippen LogP contribution in [0, 0.1) is 12.8 Å². The predicted octanol–water partition coefficient (Wildman–Crippen LogP) is 1.33. The van der Waals surface area contributed by atoms with E-state index in [1.807, 2.05) is 31.2 Å². The number of aromatic amines is 1. The Labute approximate surface area is 117 Å². The lowest BCUT2D eigenvalue weighted by Crippen LogP contribution is -2.24. The Morgan fingerprint density at radius 1 is 1.40 bits per heavy atom. The van der Waals surface area contributed by atoms with Gasteiger partial charge in [0.05, 0.1) is 11.6 Å². The Bertz CT molecular complexity index is 616. The van der Waals surface area contributed by atoms with Crippen molar-refractivity contribution in [3.05, 3.63) is 30.1 Å². The third-order valence-corrected chi connectivity index (χ3v) is 3.45. The molecule has 1 saturated heterocycles. The van der Waals surface area contributed by atoms with Gasteiger partial charge < -0.3 is 10.6 Å². The summed E-state index contributed by atoms with van der Waals surface area (Å²) in [4.78, 5) is 16.5. The normalized spacial score (nSPS) is 18.1. The Kier molecular flexibility index (Phi) is 3.47. The number of nitrogens with one attached hydrogen (secondary N) is 3. The second-order valence-corrected chi connectivity index (χ2v) is 4.97. The van der Waals surface area contributed by atoms with Crippen molar-refractivity contribution in [1.82, 2.24) is 20.5 Å². The van der Waals surface area contributed by atoms with Gasteiger partial charge in [-0.1, -0.05) is 12.1 Å². The maximum atomic E-state index is 12.2. The van der Waals surface area contributed by atoms with Gasteiger partial charge in [0.2, 0.25) is 5.91 Å². The van der Waals surface area contributed by atoms with Crippen LogP contribution in [0.2, 0.25) is 0 Å². The van der Waals surface area contributed by atoms with E-state index in [0.29, 0.717) is 5.82 Å². The molecule has 1 aromatic heterocycles. The maximum Gasteiger partial charge on any atom is 0.228 e. The van der Waals surface area contributed by atoms with Crippen LogP contribution in [0.15, 0.2) is 24.3 Å². The molecule has 6 heteroatoms. The minimum atomic E-state index is 0.0388. The fourth-order valence-corrected chi connectivity index (χ4v) is 2.36. The summed E-state index contributed by atoms with van der Waals surface area (Å²) in [6.07, 6.45) is 0.883. The zero-order valence-corrected chi connectivity index (χ0v) is 11.3. The molecule has 1 fully saturated rings. The van der Waals surface area contributed by atoms with E-state index < -0.39 is 0 Å². The molecule has 2 aromatic rings. The molecule has 0 saturated carbocycles. The second-order valence-electron chi connectivity index (χ2n) is 4.97. The van der Waals surface area contributed by atoms with Crippen LogP contribution < -0.4 is 10.6 Å². The lowest BCUT2D eigenvalue weighted by molar-refractivity contribution is -0.119. The summed E-state index contributed by atoms with van der Waals surface area (Å²) in [6, 6.07) is 7.59. The van der Waals surface area contributed by atoms with Crippen LogP contribution in [0.3, 0.4) is 0 Å². The first-order chi connectivity index (χ1) is 9.74. The number of nitrogens with zero attached hydrogens (tertiary/aromatic N) is 2. The fourth-order valence-electron chi connectivity index (χ4n) is 2.36. The van der Waals surface area contributed by atoms with Crippen LogP contribution in [0.4, 0.5) is 5.69 Å². The van der Waals surface area contributed by atoms with Gasteiger partial charge in [-0.05, 0) is 32.0 Å². The third kappa shape index (κ3) is 2.55. The number of hydrogen-bond donors (Lipinski definition) is 3. The largest absolute Gasteiger partial charge is 0.325 e. The Hall–Kier alpha value is -2.21. The highest BCUT2D eigenvalue weighted by molar-refractivity contribution is 5.96. The zero-order valence-electron chi connectivity index (χ0n) is 11.3. The van der Waals surface area contributed by atoms with Gasteiger partial charge in [0.15, 0.2) is 5.82 Å². The van der Waals surface area contributed by atoms with Crippen LogP contribution in [-0.4, -0.2) is 34.2 Å². The molecule has 1 atom stereocenters. The lowest BCUT2D eigenvalue weighted by atomic mass is 10.1. The summed E-state index contributed by atoms with van der Waals surface area (Å²) in [7, 11) is 0. The van der Waals surface area contributed by atoms with E-state index in [2.05, 4.69) is 25.8 Å². The van der Waals surface area contributed by atoms with Crippen molar-refractivity contribution in [2.24, 2.45) is 5.92 Å². The molecule has 1 unspecified atom stereocenters. The third-order valence-electron chi connectivity index (χ3n) is 3.45. The van der Waals surface area contributed by atoms with E-state index in [9.17, 15) is 4.79 Å². The number of anilines is 1. The number of para-hydroxylation sites is 1. The summed E-state index contributed by atoms with van der Waals surface area (Å²) in [6.45, 7) is 3.50. The van der Waals surface area contributed by atoms with Gasteiger partial charge in [-0.25, -0.2) is 4.98 Å². The standard InChI is InChI=1S/C14H17N5O/c1-9-16-13(19-18-9)11-4-2-3-5-12(11)17-14(20)10-6-7-15-8-10/h2-5,10,15H,6-8H2,1H3,(H,17,20)(H,16,18,19). The Morgan fingerprint density at radius 2 is 2.25 bits per heavy atom. The van der Waals surface area contributed by atoms with Gasteiger partial charge >= 0.3 is 0 Å². The molecule has 1 aromatic carbocycles. The van der Waals surface area contributed by atoms with Gasteiger partial charge in [0.25, 0.3) is 0 Å². The Morgan fingerprint density at radius 3 is 2.95 bits per heavy atom. The van der Waals surface area contributed by atoms with E-state index in [4.69, 9.17) is 0 Å². The van der Waals surface area contributed by atoms with Crippen LogP contribution in [0.5, 0.6) is 0 Å². The summed E-state index contributed by atoms with van der Waals surface area (Å²) in [5, 5.41) is 13.2. The molecule has 104 valence electrons. The second kappa shape index (κ2) is 5.42. The Balaban J connectivity index is 1.84. The number of aryl methyl sites for hydroxylation is 1. The SMILES string of the molecule is Cc1nc(-c2ccccc2NC(=O)C2CCNC2)n[nH]1. The molecule has 2 heterocycles. The highest BCUT2D eigenvalue weighted by Crippen LogP contribution is 2.25. The van der Waals surface area contributed by atoms with Crippen molar-refractivity contribution >= 4 is 11.6 Å². The van der Waals surface area contributed by atoms with Gasteiger partial charge in [-0.15, -0.1) is 0 Å². The molecule has 0 aliphatic carbocycles. The topological polar surface area (TPSA) is 82.7 Å². The smallest absolute Gasteiger partial charge is 0.228 e. The number of amides is 1. The van der Waals surface area contributed by atoms with E-state index >= 15 is 0 Å². The average Bonchev–Trinajstić information content (AvgIpc) is 3.10. The molecular formula is C14H17N5O. The van der Waals surface area contributed by atoms with Crippen molar-refractivity contribution in [3.8, 4) is 11.4 Å². The monoisotopic (exact) mass is 271 g/mol. The van der Waals surface area contributed by atoms with Gasteiger partial charge in [-0.2, -0.15) is 5.10 Å². The summed E-state index contributed by atoms with van der Waals surface area (Å²) >= 11 is 0. The number of carbonyl (C=O) groups is 1. The predicted molar refractivity (Wildman–Crippen MR) is 76.2 cm³/mol. The molecule has 1 aliphatic heterocycles. The first-order valence-electron chi connectivity index (χ1n) is 6.74. The fraction of sp³-hybridized carbons (Fsp3) is 0.357. The molecule has 3 N–H and O–H groups in total. The van der Waals surface area contributed by atoms with Crippen molar-refractivity contribution in [2.45, 2.75) is 13.3 Å². The molecule has 1 aliphatic rings. The lowest BCUT2D eigenvalue weighted by Gasteiger charge is -2.12. The van der Waals surface area contributed by atoms with Crippen LogP contribution >= 0.6 is 0 Å². The van der Waals surface area contributed by atoms with Gasteiger partial charge in [0.1, 0.15) is 5.82 Å². The quantitative estimate of drug-likeness (QED) is 0.786. The van der Waals surface area contributed by atoms with Gasteiger partial charge in [-0.3, -0.25) is 9.89 Å². The molecule has 0 spiro atoms. The molecule has 3 rings (SSSR count). The van der Waals surface area contributed by atoms with Crippen molar-refractivity contribution in [3.63, 3.8) is 0 Å². The molecule has 0 radical (unpaired) electrons. The van der Waals surface area contributed by atoms with E-state index in [1.165, 1.54) is 0 Å². The number of rotatable bonds is 3. The number of hydrogen-bond acceptors (Lipinski definition) is 4. The van der Waals surface area contributed by atoms with Crippen LogP contribution in [-0.2, 0) is 4.79 Å². The summed E-state index contributed by atoms with van der Waals surface area (Å²) in [5.41, 5.74) is 1.58. The first kappa shape index (κ1) is 12.8. The average molecular weight is 271 g/mol. The van der Waals surface area contributed by atoms with Crippen molar-refractivity contribution in [2.75, 3.05) is 18.4 Å². The zero-order chi connectivity index (χ0) is 13.9. The molecule has 1 amide bonds. The van der Waals surface area contributed by atoms with Crippen molar-refractivity contribution < 1.29 is 4.79 Å². The molecule has 6 nitrogen and oxygen atoms in total. The number of H-pyrrole nitrogens is 1. The van der Waals surface area contributed by atoms with Gasteiger partial charge in [0, 0.05) is 12.1 Å². The number of benzene rings is 1.